The summed E-state index contributed by atoms with van der Waals surface area (Å²) in [6, 6.07) is 2.18. The van der Waals surface area contributed by atoms with Crippen LogP contribution in [0.4, 0.5) is 0 Å². The van der Waals surface area contributed by atoms with Crippen LogP contribution in [0.1, 0.15) is 29.2 Å². The van der Waals surface area contributed by atoms with Crippen LogP contribution in [0.5, 0.6) is 5.75 Å². The normalized spacial score (nSPS) is 18.8. The zero-order chi connectivity index (χ0) is 10.3. The molecular formula is C11H15BrClNO. The van der Waals surface area contributed by atoms with Crippen molar-refractivity contribution >= 4 is 28.3 Å². The van der Waals surface area contributed by atoms with E-state index < -0.39 is 0 Å². The minimum atomic E-state index is 0. The van der Waals surface area contributed by atoms with E-state index in [1.54, 1.807) is 0 Å². The molecule has 0 radical (unpaired) electrons. The Morgan fingerprint density at radius 1 is 1.47 bits per heavy atom. The zero-order valence-corrected chi connectivity index (χ0v) is 11.2. The maximum absolute atomic E-state index is 6.07. The second kappa shape index (κ2) is 4.73. The maximum Gasteiger partial charge on any atom is 0.124 e. The highest BCUT2D eigenvalue weighted by atomic mass is 79.9. The van der Waals surface area contributed by atoms with E-state index in [0.29, 0.717) is 0 Å². The summed E-state index contributed by atoms with van der Waals surface area (Å²) in [4.78, 5) is 0. The average molecular weight is 293 g/mol. The predicted molar refractivity (Wildman–Crippen MR) is 67.9 cm³/mol. The Balaban J connectivity index is 0.00000112. The van der Waals surface area contributed by atoms with Gasteiger partial charge in [-0.1, -0.05) is 15.9 Å². The molecule has 2 N–H and O–H groups in total. The first-order valence-electron chi connectivity index (χ1n) is 4.79. The lowest BCUT2D eigenvalue weighted by atomic mass is 9.95. The van der Waals surface area contributed by atoms with E-state index >= 15 is 0 Å². The second-order valence-corrected chi connectivity index (χ2v) is 4.58. The molecule has 2 rings (SSSR count). The molecule has 84 valence electrons. The van der Waals surface area contributed by atoms with E-state index in [1.807, 2.05) is 0 Å². The largest absolute Gasteiger partial charge is 0.493 e. The Kier molecular flexibility index (Phi) is 4.04. The third kappa shape index (κ3) is 2.14. The Labute approximate surface area is 105 Å². The molecule has 0 spiro atoms. The van der Waals surface area contributed by atoms with Crippen LogP contribution in [0, 0.1) is 13.8 Å². The molecule has 1 aliphatic heterocycles. The van der Waals surface area contributed by atoms with Gasteiger partial charge in [-0.15, -0.1) is 12.4 Å². The van der Waals surface area contributed by atoms with Crippen LogP contribution >= 0.6 is 28.3 Å². The third-order valence-electron chi connectivity index (χ3n) is 2.75. The molecule has 1 aromatic rings. The molecule has 1 aromatic carbocycles. The Bertz CT molecular complexity index is 381. The average Bonchev–Trinajstić information content (AvgIpc) is 2.14. The van der Waals surface area contributed by atoms with E-state index in [9.17, 15) is 0 Å². The minimum Gasteiger partial charge on any atom is -0.493 e. The van der Waals surface area contributed by atoms with Gasteiger partial charge < -0.3 is 10.5 Å². The molecule has 1 aliphatic rings. The second-order valence-electron chi connectivity index (χ2n) is 3.79. The fourth-order valence-electron chi connectivity index (χ4n) is 1.96. The number of aryl methyl sites for hydroxylation is 1. The van der Waals surface area contributed by atoms with E-state index in [0.717, 1.165) is 28.8 Å². The van der Waals surface area contributed by atoms with Gasteiger partial charge in [0, 0.05) is 22.5 Å². The molecule has 2 nitrogen and oxygen atoms in total. The first kappa shape index (κ1) is 12.8. The molecular weight excluding hydrogens is 277 g/mol. The van der Waals surface area contributed by atoms with Crippen LogP contribution in [0.3, 0.4) is 0 Å². The van der Waals surface area contributed by atoms with Gasteiger partial charge in [0.2, 0.25) is 0 Å². The van der Waals surface area contributed by atoms with E-state index in [1.165, 1.54) is 11.1 Å². The van der Waals surface area contributed by atoms with Crippen molar-refractivity contribution in [2.75, 3.05) is 6.61 Å². The van der Waals surface area contributed by atoms with Crippen molar-refractivity contribution in [3.63, 3.8) is 0 Å². The highest BCUT2D eigenvalue weighted by Crippen LogP contribution is 2.38. The van der Waals surface area contributed by atoms with Crippen molar-refractivity contribution < 1.29 is 4.74 Å². The van der Waals surface area contributed by atoms with Crippen LogP contribution in [-0.2, 0) is 0 Å². The number of rotatable bonds is 0. The molecule has 4 heteroatoms. The molecule has 15 heavy (non-hydrogen) atoms. The van der Waals surface area contributed by atoms with Crippen molar-refractivity contribution in [2.45, 2.75) is 26.3 Å². The van der Waals surface area contributed by atoms with E-state index in [4.69, 9.17) is 10.5 Å². The van der Waals surface area contributed by atoms with Crippen LogP contribution in [0.2, 0.25) is 0 Å². The van der Waals surface area contributed by atoms with Crippen molar-refractivity contribution in [1.82, 2.24) is 0 Å². The van der Waals surface area contributed by atoms with Gasteiger partial charge in [0.1, 0.15) is 5.75 Å². The number of nitrogens with two attached hydrogens (primary N) is 1. The number of halogens is 2. The van der Waals surface area contributed by atoms with Crippen molar-refractivity contribution in [3.05, 3.63) is 27.2 Å². The lowest BCUT2D eigenvalue weighted by Crippen LogP contribution is -2.22. The van der Waals surface area contributed by atoms with Crippen molar-refractivity contribution in [1.29, 1.82) is 0 Å². The molecule has 0 saturated heterocycles. The third-order valence-corrected chi connectivity index (χ3v) is 3.97. The highest BCUT2D eigenvalue weighted by molar-refractivity contribution is 9.10. The summed E-state index contributed by atoms with van der Waals surface area (Å²) in [5, 5.41) is 0. The monoisotopic (exact) mass is 291 g/mol. The van der Waals surface area contributed by atoms with Crippen LogP contribution in [-0.4, -0.2) is 6.61 Å². The molecule has 0 aromatic heterocycles. The minimum absolute atomic E-state index is 0. The zero-order valence-electron chi connectivity index (χ0n) is 8.84. The molecule has 0 unspecified atom stereocenters. The number of hydrogen-bond acceptors (Lipinski definition) is 2. The van der Waals surface area contributed by atoms with Gasteiger partial charge in [0.05, 0.1) is 6.61 Å². The number of ether oxygens (including phenoxy) is 1. The topological polar surface area (TPSA) is 35.2 Å². The first-order valence-corrected chi connectivity index (χ1v) is 5.58. The van der Waals surface area contributed by atoms with Crippen LogP contribution in [0.25, 0.3) is 0 Å². The lowest BCUT2D eigenvalue weighted by Gasteiger charge is -2.26. The van der Waals surface area contributed by atoms with Crippen molar-refractivity contribution in [2.24, 2.45) is 5.73 Å². The van der Waals surface area contributed by atoms with Gasteiger partial charge in [-0.25, -0.2) is 0 Å². The summed E-state index contributed by atoms with van der Waals surface area (Å²) >= 11 is 3.57. The summed E-state index contributed by atoms with van der Waals surface area (Å²) < 4.78 is 6.76. The van der Waals surface area contributed by atoms with Gasteiger partial charge in [0.25, 0.3) is 0 Å². The molecule has 0 fully saturated rings. The fourth-order valence-corrected chi connectivity index (χ4v) is 2.29. The van der Waals surface area contributed by atoms with Gasteiger partial charge in [-0.2, -0.15) is 0 Å². The number of benzene rings is 1. The van der Waals surface area contributed by atoms with Gasteiger partial charge in [-0.05, 0) is 31.0 Å². The Hall–Kier alpha value is -0.250. The predicted octanol–water partition coefficient (Wildman–Crippen LogP) is 3.27. The smallest absolute Gasteiger partial charge is 0.124 e. The highest BCUT2D eigenvalue weighted by Gasteiger charge is 2.22. The summed E-state index contributed by atoms with van der Waals surface area (Å²) in [5.41, 5.74) is 9.65. The van der Waals surface area contributed by atoms with E-state index in [-0.39, 0.29) is 18.4 Å². The first-order chi connectivity index (χ1) is 6.61. The van der Waals surface area contributed by atoms with Crippen molar-refractivity contribution in [3.8, 4) is 5.75 Å². The van der Waals surface area contributed by atoms with Crippen LogP contribution in [0.15, 0.2) is 10.5 Å². The molecule has 0 aliphatic carbocycles. The Morgan fingerprint density at radius 3 is 2.80 bits per heavy atom. The fraction of sp³-hybridized carbons (Fsp3) is 0.455. The number of fused-ring (bicyclic) bond motifs is 1. The van der Waals surface area contributed by atoms with E-state index in [2.05, 4.69) is 35.8 Å². The lowest BCUT2D eigenvalue weighted by molar-refractivity contribution is 0.268. The standard InChI is InChI=1S/C11H14BrNO.ClH/c1-6-5-9-10(7(2)11(6)12)8(13)3-4-14-9;/h5,8H,3-4,13H2,1-2H3;1H/t8-;/m1./s1. The van der Waals surface area contributed by atoms with Gasteiger partial charge >= 0.3 is 0 Å². The SMILES string of the molecule is Cc1cc2c(c(C)c1Br)[C@H](N)CCO2.Cl. The molecule has 0 bridgehead atoms. The maximum atomic E-state index is 6.07. The summed E-state index contributed by atoms with van der Waals surface area (Å²) in [5.74, 6) is 0.960. The summed E-state index contributed by atoms with van der Waals surface area (Å²) in [6.45, 7) is 4.89. The molecule has 0 amide bonds. The summed E-state index contributed by atoms with van der Waals surface area (Å²) in [6.07, 6.45) is 0.906. The molecule has 1 heterocycles. The summed E-state index contributed by atoms with van der Waals surface area (Å²) in [7, 11) is 0. The quantitative estimate of drug-likeness (QED) is 0.796. The number of hydrogen-bond donors (Lipinski definition) is 1. The molecule has 0 saturated carbocycles. The van der Waals surface area contributed by atoms with Gasteiger partial charge in [0.15, 0.2) is 0 Å². The Morgan fingerprint density at radius 2 is 2.13 bits per heavy atom. The van der Waals surface area contributed by atoms with Crippen LogP contribution < -0.4 is 10.5 Å². The molecule has 1 atom stereocenters. The van der Waals surface area contributed by atoms with Gasteiger partial charge in [-0.3, -0.25) is 0 Å².